The summed E-state index contributed by atoms with van der Waals surface area (Å²) in [5.74, 6) is -4.29. The number of carboxylic acids is 1. The molecule has 430 valence electrons. The molecule has 0 aliphatic carbocycles. The number of ether oxygens (including phenoxy) is 3. The average Bonchev–Trinajstić information content (AvgIpc) is 4.07. The summed E-state index contributed by atoms with van der Waals surface area (Å²) in [6.45, 7) is 1.54. The minimum atomic E-state index is -3.43. The van der Waals surface area contributed by atoms with Gasteiger partial charge in [0.25, 0.3) is 0 Å². The third-order valence-electron chi connectivity index (χ3n) is 14.4. The number of benzene rings is 3. The number of esters is 1. The number of aryl methyl sites for hydroxylation is 2. The Balaban J connectivity index is 1.31. The molecule has 0 saturated carbocycles. The van der Waals surface area contributed by atoms with Crippen molar-refractivity contribution in [2.75, 3.05) is 52.5 Å². The molecule has 80 heavy (non-hydrogen) atoms. The summed E-state index contributed by atoms with van der Waals surface area (Å²) in [6.07, 6.45) is -3.80. The maximum absolute atomic E-state index is 14.3. The van der Waals surface area contributed by atoms with Gasteiger partial charge >= 0.3 is 11.9 Å². The van der Waals surface area contributed by atoms with Crippen LogP contribution < -0.4 is 42.0 Å². The van der Waals surface area contributed by atoms with E-state index in [1.54, 1.807) is 12.3 Å². The number of nitrogens with two attached hydrogens (primary N) is 1. The fraction of sp³-hybridized carbons (Fsp3) is 0.436. The molecule has 8 rings (SSSR count). The second-order valence-electron chi connectivity index (χ2n) is 20.0. The van der Waals surface area contributed by atoms with Crippen molar-refractivity contribution in [1.29, 1.82) is 0 Å². The highest BCUT2D eigenvalue weighted by Gasteiger charge is 2.75. The Labute approximate surface area is 457 Å². The van der Waals surface area contributed by atoms with E-state index in [4.69, 9.17) is 29.2 Å². The lowest BCUT2D eigenvalue weighted by Gasteiger charge is -2.59. The lowest BCUT2D eigenvalue weighted by Crippen LogP contribution is -2.86. The number of carboxylic acid groups (broad SMARTS) is 1. The third kappa shape index (κ3) is 12.2. The topological polar surface area (TPSA) is 387 Å². The van der Waals surface area contributed by atoms with E-state index < -0.39 is 97.1 Å². The van der Waals surface area contributed by atoms with Gasteiger partial charge in [0.05, 0.1) is 41.9 Å². The summed E-state index contributed by atoms with van der Waals surface area (Å²) < 4.78 is 26.3. The molecule has 25 nitrogen and oxygen atoms in total. The number of aliphatic hydroxyl groups is 6. The zero-order chi connectivity index (χ0) is 57.4. The molecule has 2 fully saturated rings. The molecule has 0 radical (unpaired) electrons. The predicted molar refractivity (Wildman–Crippen MR) is 289 cm³/mol. The average molecular weight is 1110 g/mol. The standard InChI is InChI=1S/C55H68N8O17/c1-31-23-32(2)25-35(24-31)45-43-34(12-18-60-43)27-63(45)80-47-50(77-38-10-11-39-41(26-38)76-28-40(46(39)70)33-6-8-37(68)9-7-33)78-51(53(74,29-66)55(47,75)42(69)5-3-21-64)54(30-67,79-49(73)44(48(71)72)59-15-4-22-65)62-52(56)61-20-19-58-36-13-16-57-17-14-36/h6-12,18,22-28,36,42,44,47,50-51,57-60,64,66-69,74-75H,3-5,13-17,19-21,29-30H2,1-2H3,(H,71,72)(H3,56,61,62)/t42-,44-,47-,50+,51-,53+,54-,55+/m1/s1. The van der Waals surface area contributed by atoms with Crippen LogP contribution in [0.4, 0.5) is 0 Å². The first-order chi connectivity index (χ1) is 38.4. The number of phenolic OH excluding ortho intramolecular Hbond substituents is 1. The highest BCUT2D eigenvalue weighted by Crippen LogP contribution is 2.47. The molecule has 0 bridgehead atoms. The van der Waals surface area contributed by atoms with Gasteiger partial charge in [-0.1, -0.05) is 29.3 Å². The van der Waals surface area contributed by atoms with Crippen LogP contribution in [0.5, 0.6) is 11.5 Å². The number of nitrogens with one attached hydrogen (secondary N) is 5. The number of guanidine groups is 1. The van der Waals surface area contributed by atoms with E-state index >= 15 is 0 Å². The van der Waals surface area contributed by atoms with E-state index in [9.17, 15) is 60.0 Å². The van der Waals surface area contributed by atoms with Gasteiger partial charge in [-0.05, 0) is 101 Å². The third-order valence-corrected chi connectivity index (χ3v) is 14.4. The van der Waals surface area contributed by atoms with Crippen LogP contribution >= 0.6 is 0 Å². The number of hydrogen-bond acceptors (Lipinski definition) is 20. The Kier molecular flexibility index (Phi) is 18.6. The van der Waals surface area contributed by atoms with Crippen LogP contribution in [0.25, 0.3) is 44.3 Å². The Bertz CT molecular complexity index is 3190. The first-order valence-corrected chi connectivity index (χ1v) is 26.1. The number of carbonyl (C=O) groups is 3. The van der Waals surface area contributed by atoms with Crippen LogP contribution in [-0.2, 0) is 23.9 Å². The van der Waals surface area contributed by atoms with Crippen molar-refractivity contribution in [2.45, 2.75) is 99.6 Å². The molecular weight excluding hydrogens is 1040 g/mol. The molecule has 0 spiro atoms. The number of aliphatic carboxylic acids is 1. The Morgan fingerprint density at radius 2 is 1.75 bits per heavy atom. The number of nitrogens with zero attached hydrogens (tertiary/aromatic N) is 2. The molecule has 2 aliphatic rings. The summed E-state index contributed by atoms with van der Waals surface area (Å²) >= 11 is 0. The number of aldehydes is 1. The molecule has 3 aromatic heterocycles. The normalized spacial score (nSPS) is 22.4. The maximum atomic E-state index is 14.3. The van der Waals surface area contributed by atoms with Crippen LogP contribution in [0, 0.1) is 13.8 Å². The molecule has 8 atom stereocenters. The molecule has 0 amide bonds. The number of carbonyl (C=O) groups excluding carboxylic acids is 2. The number of rotatable bonds is 25. The van der Waals surface area contributed by atoms with Gasteiger partial charge < -0.3 is 95.8 Å². The van der Waals surface area contributed by atoms with Crippen molar-refractivity contribution in [3.63, 3.8) is 0 Å². The zero-order valence-corrected chi connectivity index (χ0v) is 44.0. The number of hydrogen-bond donors (Lipinski definition) is 14. The summed E-state index contributed by atoms with van der Waals surface area (Å²) in [5, 5.41) is 106. The van der Waals surface area contributed by atoms with E-state index in [-0.39, 0.29) is 66.5 Å². The zero-order valence-electron chi connectivity index (χ0n) is 44.0. The van der Waals surface area contributed by atoms with Crippen molar-refractivity contribution < 1.29 is 78.7 Å². The van der Waals surface area contributed by atoms with E-state index in [1.807, 2.05) is 32.0 Å². The molecule has 15 N–H and O–H groups in total. The molecule has 25 heteroatoms. The highest BCUT2D eigenvalue weighted by molar-refractivity contribution is 5.98. The molecular formula is C55H68N8O17. The van der Waals surface area contributed by atoms with Crippen LogP contribution in [0.3, 0.4) is 0 Å². The highest BCUT2D eigenvalue weighted by atomic mass is 16.8. The number of aliphatic imine (C=N–C) groups is 1. The summed E-state index contributed by atoms with van der Waals surface area (Å²) in [7, 11) is 0. The molecule has 2 aliphatic heterocycles. The van der Waals surface area contributed by atoms with Gasteiger partial charge in [0, 0.05) is 55.4 Å². The van der Waals surface area contributed by atoms with Gasteiger partial charge in [-0.25, -0.2) is 9.59 Å². The quantitative estimate of drug-likeness (QED) is 0.00684. The van der Waals surface area contributed by atoms with Crippen LogP contribution in [0.2, 0.25) is 0 Å². The number of piperidine rings is 1. The predicted octanol–water partition coefficient (Wildman–Crippen LogP) is 0.0307. The molecule has 0 unspecified atom stereocenters. The lowest BCUT2D eigenvalue weighted by atomic mass is 9.66. The SMILES string of the molecule is Cc1cc(C)cc(-c2c3[nH]ccc3cn2O[C@@H]2[C@@H](Oc3ccc4c(=O)c(-c5ccc(O)cc5)coc4c3)O[C@@H]([C@](CO)(NC(N)=NCCNC3CCNCC3)OC(=O)[C@H](NCCC=O)C(=O)O)[C@@](O)(CO)[C@]2(O)[C@H](O)CCCO)c1. The first-order valence-electron chi connectivity index (χ1n) is 26.1. The minimum Gasteiger partial charge on any atom is -0.508 e. The maximum Gasteiger partial charge on any atom is 0.337 e. The van der Waals surface area contributed by atoms with Crippen molar-refractivity contribution in [2.24, 2.45) is 10.7 Å². The number of phenols is 1. The van der Waals surface area contributed by atoms with E-state index in [2.05, 4.69) is 31.2 Å². The van der Waals surface area contributed by atoms with Gasteiger partial charge in [-0.15, -0.1) is 0 Å². The number of aliphatic hydroxyl groups excluding tert-OH is 4. The molecule has 2 saturated heterocycles. The molecule has 6 aromatic rings. The van der Waals surface area contributed by atoms with Crippen molar-refractivity contribution in [3.8, 4) is 33.9 Å². The minimum absolute atomic E-state index is 0.0264. The Morgan fingerprint density at radius 1 is 1.01 bits per heavy atom. The van der Waals surface area contributed by atoms with Crippen molar-refractivity contribution in [3.05, 3.63) is 107 Å². The summed E-state index contributed by atoms with van der Waals surface area (Å²) in [4.78, 5) is 66.6. The van der Waals surface area contributed by atoms with Gasteiger partial charge in [0.1, 0.15) is 41.9 Å². The van der Waals surface area contributed by atoms with Gasteiger partial charge in [0.2, 0.25) is 24.2 Å². The fourth-order valence-corrected chi connectivity index (χ4v) is 10.5. The first kappa shape index (κ1) is 58.7. The number of H-pyrrole nitrogens is 1. The van der Waals surface area contributed by atoms with E-state index in [0.717, 1.165) is 37.1 Å². The fourth-order valence-electron chi connectivity index (χ4n) is 10.5. The van der Waals surface area contributed by atoms with Crippen LogP contribution in [0.15, 0.2) is 99.6 Å². The molecule has 3 aromatic carbocycles. The van der Waals surface area contributed by atoms with Crippen molar-refractivity contribution in [1.82, 2.24) is 31.0 Å². The number of aromatic hydroxyl groups is 1. The summed E-state index contributed by atoms with van der Waals surface area (Å²) in [5.41, 5.74) is -0.130. The molecule has 5 heterocycles. The van der Waals surface area contributed by atoms with E-state index in [0.29, 0.717) is 34.0 Å². The second-order valence-corrected chi connectivity index (χ2v) is 20.0. The van der Waals surface area contributed by atoms with Gasteiger partial charge in [0.15, 0.2) is 28.7 Å². The van der Waals surface area contributed by atoms with Crippen molar-refractivity contribution >= 4 is 46.1 Å². The van der Waals surface area contributed by atoms with E-state index in [1.165, 1.54) is 59.7 Å². The van der Waals surface area contributed by atoms with Crippen LogP contribution in [0.1, 0.15) is 43.2 Å². The van der Waals surface area contributed by atoms with Crippen LogP contribution in [-0.4, -0.2) is 181 Å². The largest absolute Gasteiger partial charge is 0.508 e. The number of fused-ring (bicyclic) bond motifs is 2. The van der Waals surface area contributed by atoms with Gasteiger partial charge in [-0.3, -0.25) is 15.1 Å². The lowest BCUT2D eigenvalue weighted by molar-refractivity contribution is -0.400. The monoisotopic (exact) mass is 1110 g/mol. The Hall–Kier alpha value is -7.43. The number of aromatic amines is 1. The Morgan fingerprint density at radius 3 is 2.42 bits per heavy atom. The number of aromatic nitrogens is 2. The van der Waals surface area contributed by atoms with Gasteiger partial charge in [-0.2, -0.15) is 4.73 Å². The summed E-state index contributed by atoms with van der Waals surface area (Å²) in [6, 6.07) is 15.1. The second kappa shape index (κ2) is 25.4. The smallest absolute Gasteiger partial charge is 0.337 e.